The summed E-state index contributed by atoms with van der Waals surface area (Å²) in [6.45, 7) is 4.45. The summed E-state index contributed by atoms with van der Waals surface area (Å²) in [5.74, 6) is -0.137. The lowest BCUT2D eigenvalue weighted by atomic mass is 10.1. The van der Waals surface area contributed by atoms with E-state index in [-0.39, 0.29) is 10.8 Å². The second-order valence-corrected chi connectivity index (χ2v) is 10.3. The highest BCUT2D eigenvalue weighted by molar-refractivity contribution is 7.89. The summed E-state index contributed by atoms with van der Waals surface area (Å²) in [5.41, 5.74) is 3.89. The van der Waals surface area contributed by atoms with Crippen molar-refractivity contribution in [2.24, 2.45) is 0 Å². The largest absolute Gasteiger partial charge is 0.379 e. The average Bonchev–Trinajstić information content (AvgIpc) is 2.89. The lowest BCUT2D eigenvalue weighted by Crippen LogP contribution is -2.40. The molecule has 0 bridgehead atoms. The first-order valence-corrected chi connectivity index (χ1v) is 13.0. The maximum atomic E-state index is 13.2. The number of aryl methyl sites for hydroxylation is 1. The molecule has 1 saturated heterocycles. The Morgan fingerprint density at radius 1 is 1.03 bits per heavy atom. The normalized spacial score (nSPS) is 14.8. The summed E-state index contributed by atoms with van der Waals surface area (Å²) in [7, 11) is -3.55. The molecule has 0 saturated carbocycles. The zero-order valence-corrected chi connectivity index (χ0v) is 20.5. The van der Waals surface area contributed by atoms with Crippen LogP contribution >= 0.6 is 0 Å². The van der Waals surface area contributed by atoms with Crippen LogP contribution in [-0.4, -0.2) is 54.8 Å². The van der Waals surface area contributed by atoms with Gasteiger partial charge in [0.25, 0.3) is 0 Å². The average molecular weight is 492 g/mol. The minimum Gasteiger partial charge on any atom is -0.379 e. The number of sulfonamides is 1. The Labute approximate surface area is 206 Å². The lowest BCUT2D eigenvalue weighted by molar-refractivity contribution is -0.127. The van der Waals surface area contributed by atoms with Crippen LogP contribution in [0, 0.1) is 6.92 Å². The maximum absolute atomic E-state index is 13.2. The predicted octanol–water partition coefficient (Wildman–Crippen LogP) is 3.65. The van der Waals surface area contributed by atoms with Gasteiger partial charge in [0, 0.05) is 44.6 Å². The molecule has 0 atom stereocenters. The molecule has 3 aromatic rings. The Bertz CT molecular complexity index is 1270. The molecule has 2 heterocycles. The highest BCUT2D eigenvalue weighted by Gasteiger charge is 2.26. The van der Waals surface area contributed by atoms with E-state index < -0.39 is 10.0 Å². The van der Waals surface area contributed by atoms with Crippen molar-refractivity contribution in [3.05, 3.63) is 101 Å². The van der Waals surface area contributed by atoms with E-state index in [0.717, 1.165) is 22.3 Å². The number of amides is 1. The van der Waals surface area contributed by atoms with Crippen LogP contribution in [-0.2, 0) is 32.6 Å². The minimum absolute atomic E-state index is 0.137. The van der Waals surface area contributed by atoms with Gasteiger partial charge in [-0.2, -0.15) is 4.31 Å². The van der Waals surface area contributed by atoms with Crippen LogP contribution in [0.15, 0.2) is 84.0 Å². The van der Waals surface area contributed by atoms with Gasteiger partial charge in [-0.3, -0.25) is 9.78 Å². The summed E-state index contributed by atoms with van der Waals surface area (Å²) >= 11 is 0. The Morgan fingerprint density at radius 3 is 2.46 bits per heavy atom. The van der Waals surface area contributed by atoms with Crippen LogP contribution in [0.4, 0.5) is 0 Å². The van der Waals surface area contributed by atoms with Crippen molar-refractivity contribution < 1.29 is 17.9 Å². The fourth-order valence-corrected chi connectivity index (χ4v) is 5.28. The standard InChI is InChI=1S/C27H29N3O4S/c1-22-5-2-3-7-25(22)21-29(20-24-6-4-14-28-19-24)27(31)13-10-23-8-11-26(12-9-23)35(32,33)30-15-17-34-18-16-30/h2-14,19H,15-18,20-21H2,1H3/b13-10+. The van der Waals surface area contributed by atoms with E-state index in [0.29, 0.717) is 39.4 Å². The smallest absolute Gasteiger partial charge is 0.247 e. The molecule has 0 aliphatic carbocycles. The highest BCUT2D eigenvalue weighted by Crippen LogP contribution is 2.19. The Hall–Kier alpha value is -3.33. The van der Waals surface area contributed by atoms with Crippen molar-refractivity contribution in [3.63, 3.8) is 0 Å². The molecule has 0 radical (unpaired) electrons. The third-order valence-electron chi connectivity index (χ3n) is 5.94. The van der Waals surface area contributed by atoms with Gasteiger partial charge >= 0.3 is 0 Å². The second-order valence-electron chi connectivity index (χ2n) is 8.40. The molecule has 35 heavy (non-hydrogen) atoms. The number of carbonyl (C=O) groups excluding carboxylic acids is 1. The third-order valence-corrected chi connectivity index (χ3v) is 7.85. The molecule has 1 amide bonds. The molecular formula is C27H29N3O4S. The molecule has 2 aromatic carbocycles. The number of benzene rings is 2. The van der Waals surface area contributed by atoms with Gasteiger partial charge < -0.3 is 9.64 Å². The molecule has 4 rings (SSSR count). The summed E-state index contributed by atoms with van der Waals surface area (Å²) in [6, 6.07) is 18.4. The van der Waals surface area contributed by atoms with Crippen molar-refractivity contribution in [2.75, 3.05) is 26.3 Å². The van der Waals surface area contributed by atoms with E-state index in [4.69, 9.17) is 4.74 Å². The number of pyridine rings is 1. The van der Waals surface area contributed by atoms with Crippen molar-refractivity contribution >= 4 is 22.0 Å². The van der Waals surface area contributed by atoms with Crippen LogP contribution in [0.25, 0.3) is 6.08 Å². The number of morpholine rings is 1. The van der Waals surface area contributed by atoms with Crippen molar-refractivity contribution in [1.82, 2.24) is 14.2 Å². The molecule has 182 valence electrons. The first-order chi connectivity index (χ1) is 16.9. The quantitative estimate of drug-likeness (QED) is 0.450. The van der Waals surface area contributed by atoms with Crippen molar-refractivity contribution in [2.45, 2.75) is 24.9 Å². The molecule has 0 unspecified atom stereocenters. The number of rotatable bonds is 8. The van der Waals surface area contributed by atoms with E-state index in [2.05, 4.69) is 4.98 Å². The van der Waals surface area contributed by atoms with E-state index in [1.54, 1.807) is 47.6 Å². The van der Waals surface area contributed by atoms with Gasteiger partial charge in [0.05, 0.1) is 18.1 Å². The van der Waals surface area contributed by atoms with Crippen LogP contribution in [0.3, 0.4) is 0 Å². The maximum Gasteiger partial charge on any atom is 0.247 e. The monoisotopic (exact) mass is 491 g/mol. The second kappa shape index (κ2) is 11.4. The number of hydrogen-bond donors (Lipinski definition) is 0. The first-order valence-electron chi connectivity index (χ1n) is 11.5. The van der Waals surface area contributed by atoms with Crippen molar-refractivity contribution in [3.8, 4) is 0 Å². The molecule has 7 nitrogen and oxygen atoms in total. The van der Waals surface area contributed by atoms with Gasteiger partial charge in [0.1, 0.15) is 0 Å². The summed E-state index contributed by atoms with van der Waals surface area (Å²) in [4.78, 5) is 19.3. The van der Waals surface area contributed by atoms with E-state index >= 15 is 0 Å². The predicted molar refractivity (Wildman–Crippen MR) is 135 cm³/mol. The number of nitrogens with zero attached hydrogens (tertiary/aromatic N) is 3. The Kier molecular flexibility index (Phi) is 8.07. The van der Waals surface area contributed by atoms with Gasteiger partial charge in [-0.15, -0.1) is 0 Å². The molecule has 0 spiro atoms. The Balaban J connectivity index is 1.49. The molecular weight excluding hydrogens is 462 g/mol. The van der Waals surface area contributed by atoms with E-state index in [9.17, 15) is 13.2 Å². The fraction of sp³-hybridized carbons (Fsp3) is 0.259. The SMILES string of the molecule is Cc1ccccc1CN(Cc1cccnc1)C(=O)/C=C/c1ccc(S(=O)(=O)N2CCOCC2)cc1. The topological polar surface area (TPSA) is 79.8 Å². The van der Waals surface area contributed by atoms with Crippen LogP contribution < -0.4 is 0 Å². The van der Waals surface area contributed by atoms with Gasteiger partial charge in [-0.1, -0.05) is 42.5 Å². The molecule has 8 heteroatoms. The van der Waals surface area contributed by atoms with Crippen LogP contribution in [0.2, 0.25) is 0 Å². The lowest BCUT2D eigenvalue weighted by Gasteiger charge is -2.26. The van der Waals surface area contributed by atoms with E-state index in [1.807, 2.05) is 43.3 Å². The summed E-state index contributed by atoms with van der Waals surface area (Å²) < 4.78 is 32.3. The first kappa shape index (κ1) is 24.8. The Morgan fingerprint density at radius 2 is 1.77 bits per heavy atom. The zero-order chi connectivity index (χ0) is 24.7. The van der Waals surface area contributed by atoms with Crippen LogP contribution in [0.1, 0.15) is 22.3 Å². The highest BCUT2D eigenvalue weighted by atomic mass is 32.2. The fourth-order valence-electron chi connectivity index (χ4n) is 3.88. The molecule has 0 N–H and O–H groups in total. The van der Waals surface area contributed by atoms with Crippen LogP contribution in [0.5, 0.6) is 0 Å². The minimum atomic E-state index is -3.55. The number of aromatic nitrogens is 1. The van der Waals surface area contributed by atoms with Gasteiger partial charge in [0.2, 0.25) is 15.9 Å². The van der Waals surface area contributed by atoms with Gasteiger partial charge in [-0.25, -0.2) is 8.42 Å². The van der Waals surface area contributed by atoms with Crippen molar-refractivity contribution in [1.29, 1.82) is 0 Å². The zero-order valence-electron chi connectivity index (χ0n) is 19.7. The summed E-state index contributed by atoms with van der Waals surface area (Å²) in [6.07, 6.45) is 6.71. The number of carbonyl (C=O) groups is 1. The van der Waals surface area contributed by atoms with E-state index in [1.165, 1.54) is 10.4 Å². The van der Waals surface area contributed by atoms with Gasteiger partial charge in [0.15, 0.2) is 0 Å². The van der Waals surface area contributed by atoms with Gasteiger partial charge in [-0.05, 0) is 53.5 Å². The number of ether oxygens (including phenoxy) is 1. The summed E-state index contributed by atoms with van der Waals surface area (Å²) in [5, 5.41) is 0. The molecule has 1 aliphatic heterocycles. The molecule has 1 aliphatic rings. The number of hydrogen-bond acceptors (Lipinski definition) is 5. The molecule has 1 fully saturated rings. The third kappa shape index (κ3) is 6.42. The molecule has 1 aromatic heterocycles.